The van der Waals surface area contributed by atoms with Gasteiger partial charge in [0.25, 0.3) is 5.91 Å². The van der Waals surface area contributed by atoms with Gasteiger partial charge in [0, 0.05) is 11.4 Å². The summed E-state index contributed by atoms with van der Waals surface area (Å²) in [5.41, 5.74) is 0.414. The molecule has 0 spiro atoms. The van der Waals surface area contributed by atoms with Gasteiger partial charge < -0.3 is 15.1 Å². The standard InChI is InChI=1S/C16H14Cl2N2O3/c1-15(9-16(15,17)18)14(22)20-11-6-4-10(5-7-11)19-13(21)12-3-2-8-23-12/h2-8H,9H2,1H3,(H,19,21)(H,20,22). The third-order valence-electron chi connectivity index (χ3n) is 3.90. The predicted octanol–water partition coefficient (Wildman–Crippen LogP) is 4.05. The second kappa shape index (κ2) is 5.58. The Bertz CT molecular complexity index is 741. The molecule has 0 radical (unpaired) electrons. The number of carbonyl (C=O) groups is 2. The van der Waals surface area contributed by atoms with Gasteiger partial charge in [-0.2, -0.15) is 0 Å². The number of furan rings is 1. The monoisotopic (exact) mass is 352 g/mol. The number of halogens is 2. The van der Waals surface area contributed by atoms with Crippen molar-refractivity contribution in [1.29, 1.82) is 0 Å². The number of nitrogens with one attached hydrogen (secondary N) is 2. The highest BCUT2D eigenvalue weighted by molar-refractivity contribution is 6.53. The van der Waals surface area contributed by atoms with Crippen molar-refractivity contribution in [1.82, 2.24) is 0 Å². The smallest absolute Gasteiger partial charge is 0.291 e. The number of hydrogen-bond acceptors (Lipinski definition) is 3. The maximum absolute atomic E-state index is 12.2. The van der Waals surface area contributed by atoms with Crippen LogP contribution in [0.5, 0.6) is 0 Å². The summed E-state index contributed by atoms with van der Waals surface area (Å²) in [6, 6.07) is 9.95. The van der Waals surface area contributed by atoms with Gasteiger partial charge in [0.2, 0.25) is 5.91 Å². The number of benzene rings is 1. The zero-order valence-corrected chi connectivity index (χ0v) is 13.7. The zero-order valence-electron chi connectivity index (χ0n) is 12.2. The summed E-state index contributed by atoms with van der Waals surface area (Å²) in [5.74, 6) is -0.342. The normalized spacial score (nSPS) is 21.5. The Kier molecular flexibility index (Phi) is 3.86. The molecule has 0 bridgehead atoms. The molecule has 7 heteroatoms. The van der Waals surface area contributed by atoms with Crippen LogP contribution in [0.1, 0.15) is 23.9 Å². The van der Waals surface area contributed by atoms with Crippen LogP contribution in [0.4, 0.5) is 11.4 Å². The lowest BCUT2D eigenvalue weighted by atomic mass is 10.1. The topological polar surface area (TPSA) is 71.3 Å². The second-order valence-corrected chi connectivity index (χ2v) is 7.16. The number of rotatable bonds is 4. The molecule has 1 aliphatic carbocycles. The van der Waals surface area contributed by atoms with E-state index in [1.54, 1.807) is 43.3 Å². The van der Waals surface area contributed by atoms with Crippen molar-refractivity contribution in [2.75, 3.05) is 10.6 Å². The number of alkyl halides is 2. The van der Waals surface area contributed by atoms with Gasteiger partial charge in [-0.25, -0.2) is 0 Å². The molecule has 1 aromatic heterocycles. The second-order valence-electron chi connectivity index (χ2n) is 5.68. The first kappa shape index (κ1) is 15.9. The summed E-state index contributed by atoms with van der Waals surface area (Å²) in [7, 11) is 0. The van der Waals surface area contributed by atoms with Crippen molar-refractivity contribution in [3.05, 3.63) is 48.4 Å². The van der Waals surface area contributed by atoms with Crippen LogP contribution in [0.2, 0.25) is 0 Å². The molecule has 1 aliphatic rings. The van der Waals surface area contributed by atoms with Gasteiger partial charge in [-0.3, -0.25) is 9.59 Å². The third-order valence-corrected chi connectivity index (χ3v) is 5.01. The molecular formula is C16H14Cl2N2O3. The molecule has 1 saturated carbocycles. The van der Waals surface area contributed by atoms with Gasteiger partial charge in [0.05, 0.1) is 11.7 Å². The highest BCUT2D eigenvalue weighted by atomic mass is 35.5. The average Bonchev–Trinajstić information content (AvgIpc) is 2.89. The third kappa shape index (κ3) is 3.07. The Labute approximate surface area is 142 Å². The van der Waals surface area contributed by atoms with E-state index < -0.39 is 9.75 Å². The highest BCUT2D eigenvalue weighted by Gasteiger charge is 2.67. The van der Waals surface area contributed by atoms with E-state index in [1.807, 2.05) is 0 Å². The SMILES string of the molecule is CC1(C(=O)Nc2ccc(NC(=O)c3ccco3)cc2)CC1(Cl)Cl. The first-order valence-electron chi connectivity index (χ1n) is 6.96. The van der Waals surface area contributed by atoms with Gasteiger partial charge in [0.15, 0.2) is 5.76 Å². The van der Waals surface area contributed by atoms with Crippen molar-refractivity contribution in [3.63, 3.8) is 0 Å². The molecule has 1 unspecified atom stereocenters. The van der Waals surface area contributed by atoms with Crippen LogP contribution >= 0.6 is 23.2 Å². The Morgan fingerprint density at radius 3 is 2.13 bits per heavy atom. The first-order chi connectivity index (χ1) is 10.8. The molecule has 1 fully saturated rings. The minimum Gasteiger partial charge on any atom is -0.459 e. The number of carbonyl (C=O) groups excluding carboxylic acids is 2. The van der Waals surface area contributed by atoms with Gasteiger partial charge in [-0.05, 0) is 49.7 Å². The van der Waals surface area contributed by atoms with Gasteiger partial charge >= 0.3 is 0 Å². The van der Waals surface area contributed by atoms with Crippen LogP contribution in [0.3, 0.4) is 0 Å². The molecule has 2 amide bonds. The fraction of sp³-hybridized carbons (Fsp3) is 0.250. The van der Waals surface area contributed by atoms with Crippen LogP contribution < -0.4 is 10.6 Å². The Balaban J connectivity index is 1.62. The summed E-state index contributed by atoms with van der Waals surface area (Å²) in [5, 5.41) is 5.46. The lowest BCUT2D eigenvalue weighted by molar-refractivity contribution is -0.120. The Morgan fingerprint density at radius 2 is 1.65 bits per heavy atom. The molecular weight excluding hydrogens is 339 g/mol. The maximum Gasteiger partial charge on any atom is 0.291 e. The van der Waals surface area contributed by atoms with Crippen LogP contribution in [0, 0.1) is 5.41 Å². The van der Waals surface area contributed by atoms with E-state index in [2.05, 4.69) is 10.6 Å². The highest BCUT2D eigenvalue weighted by Crippen LogP contribution is 2.64. The van der Waals surface area contributed by atoms with Crippen LogP contribution in [-0.2, 0) is 4.79 Å². The van der Waals surface area contributed by atoms with Crippen LogP contribution in [0.25, 0.3) is 0 Å². The van der Waals surface area contributed by atoms with E-state index in [0.29, 0.717) is 17.8 Å². The summed E-state index contributed by atoms with van der Waals surface area (Å²) in [6.45, 7) is 1.72. The number of anilines is 2. The van der Waals surface area contributed by atoms with Crippen molar-refractivity contribution in [2.45, 2.75) is 17.7 Å². The molecule has 1 atom stereocenters. The van der Waals surface area contributed by atoms with E-state index in [4.69, 9.17) is 27.6 Å². The summed E-state index contributed by atoms with van der Waals surface area (Å²) in [6.07, 6.45) is 1.85. The Hall–Kier alpha value is -1.98. The van der Waals surface area contributed by atoms with Gasteiger partial charge in [-0.1, -0.05) is 0 Å². The molecule has 1 aromatic carbocycles. The van der Waals surface area contributed by atoms with Crippen molar-refractivity contribution in [2.24, 2.45) is 5.41 Å². The van der Waals surface area contributed by atoms with Crippen LogP contribution in [-0.4, -0.2) is 16.1 Å². The molecule has 5 nitrogen and oxygen atoms in total. The number of hydrogen-bond donors (Lipinski definition) is 2. The maximum atomic E-state index is 12.2. The molecule has 120 valence electrons. The molecule has 3 rings (SSSR count). The van der Waals surface area contributed by atoms with E-state index in [9.17, 15) is 9.59 Å². The molecule has 2 aromatic rings. The van der Waals surface area contributed by atoms with Crippen LogP contribution in [0.15, 0.2) is 47.1 Å². The zero-order chi connectivity index (χ0) is 16.7. The average molecular weight is 353 g/mol. The van der Waals surface area contributed by atoms with Crippen molar-refractivity contribution < 1.29 is 14.0 Å². The van der Waals surface area contributed by atoms with E-state index in [0.717, 1.165) is 0 Å². The van der Waals surface area contributed by atoms with E-state index >= 15 is 0 Å². The predicted molar refractivity (Wildman–Crippen MR) is 88.9 cm³/mol. The minimum atomic E-state index is -1.01. The quantitative estimate of drug-likeness (QED) is 0.815. The van der Waals surface area contributed by atoms with E-state index in [-0.39, 0.29) is 17.6 Å². The summed E-state index contributed by atoms with van der Waals surface area (Å²) < 4.78 is 4.01. The summed E-state index contributed by atoms with van der Waals surface area (Å²) in [4.78, 5) is 24.0. The lowest BCUT2D eigenvalue weighted by Crippen LogP contribution is -2.25. The fourth-order valence-corrected chi connectivity index (χ4v) is 2.86. The molecule has 1 heterocycles. The lowest BCUT2D eigenvalue weighted by Gasteiger charge is -2.13. The van der Waals surface area contributed by atoms with Crippen molar-refractivity contribution >= 4 is 46.4 Å². The largest absolute Gasteiger partial charge is 0.459 e. The summed E-state index contributed by atoms with van der Waals surface area (Å²) >= 11 is 12.0. The molecule has 23 heavy (non-hydrogen) atoms. The molecule has 2 N–H and O–H groups in total. The first-order valence-corrected chi connectivity index (χ1v) is 7.72. The minimum absolute atomic E-state index is 0.226. The van der Waals surface area contributed by atoms with Crippen molar-refractivity contribution in [3.8, 4) is 0 Å². The van der Waals surface area contributed by atoms with Gasteiger partial charge in [0.1, 0.15) is 4.33 Å². The fourth-order valence-electron chi connectivity index (χ4n) is 2.15. The molecule has 0 saturated heterocycles. The van der Waals surface area contributed by atoms with E-state index in [1.165, 1.54) is 6.26 Å². The number of amides is 2. The van der Waals surface area contributed by atoms with Gasteiger partial charge in [-0.15, -0.1) is 23.2 Å². The molecule has 0 aliphatic heterocycles. The Morgan fingerprint density at radius 1 is 1.09 bits per heavy atom.